The van der Waals surface area contributed by atoms with E-state index in [2.05, 4.69) is 5.32 Å². The summed E-state index contributed by atoms with van der Waals surface area (Å²) in [6.07, 6.45) is -0.553. The third-order valence-electron chi connectivity index (χ3n) is 3.46. The Labute approximate surface area is 124 Å². The van der Waals surface area contributed by atoms with Crippen LogP contribution in [-0.2, 0) is 0 Å². The first-order valence-corrected chi connectivity index (χ1v) is 6.86. The number of nitrogens with zero attached hydrogens (tertiary/aromatic N) is 1. The van der Waals surface area contributed by atoms with Crippen LogP contribution in [0.2, 0.25) is 0 Å². The Balaban J connectivity index is 2.74. The van der Waals surface area contributed by atoms with Crippen LogP contribution < -0.4 is 5.32 Å². The van der Waals surface area contributed by atoms with Crippen molar-refractivity contribution in [1.82, 2.24) is 5.32 Å². The van der Waals surface area contributed by atoms with Crippen LogP contribution in [0.4, 0.5) is 5.69 Å². The normalized spacial score (nSPS) is 13.0. The molecular weight excluding hydrogens is 272 g/mol. The summed E-state index contributed by atoms with van der Waals surface area (Å²) in [5.74, 6) is -0.308. The van der Waals surface area contributed by atoms with E-state index in [9.17, 15) is 20.0 Å². The third-order valence-corrected chi connectivity index (χ3v) is 3.46. The van der Waals surface area contributed by atoms with E-state index >= 15 is 0 Å². The fourth-order valence-electron chi connectivity index (χ4n) is 2.18. The number of carbonyl (C=O) groups is 1. The summed E-state index contributed by atoms with van der Waals surface area (Å²) in [6, 6.07) is 5.57. The molecule has 1 aromatic carbocycles. The molecule has 1 atom stereocenters. The molecule has 0 unspecified atom stereocenters. The van der Waals surface area contributed by atoms with Crippen LogP contribution >= 0.6 is 0 Å². The topological polar surface area (TPSA) is 92.5 Å². The SMILES string of the molecule is CC(C)[C@H](O)C(C)(C)CNC(=O)c1cccc([N+](=O)[O-])c1. The van der Waals surface area contributed by atoms with Gasteiger partial charge >= 0.3 is 0 Å². The van der Waals surface area contributed by atoms with Gasteiger partial charge in [-0.05, 0) is 12.0 Å². The van der Waals surface area contributed by atoms with Crippen molar-refractivity contribution in [2.24, 2.45) is 11.3 Å². The Kier molecular flexibility index (Phi) is 5.43. The van der Waals surface area contributed by atoms with Gasteiger partial charge in [0, 0.05) is 29.7 Å². The number of hydrogen-bond donors (Lipinski definition) is 2. The van der Waals surface area contributed by atoms with Crippen molar-refractivity contribution < 1.29 is 14.8 Å². The van der Waals surface area contributed by atoms with E-state index in [1.54, 1.807) is 0 Å². The molecule has 0 saturated heterocycles. The molecule has 0 heterocycles. The van der Waals surface area contributed by atoms with Crippen molar-refractivity contribution in [2.45, 2.75) is 33.8 Å². The summed E-state index contributed by atoms with van der Waals surface area (Å²) in [6.45, 7) is 7.84. The number of non-ortho nitro benzene ring substituents is 1. The highest BCUT2D eigenvalue weighted by Crippen LogP contribution is 2.25. The fraction of sp³-hybridized carbons (Fsp3) is 0.533. The van der Waals surface area contributed by atoms with Gasteiger partial charge in [-0.25, -0.2) is 0 Å². The van der Waals surface area contributed by atoms with Gasteiger partial charge < -0.3 is 10.4 Å². The summed E-state index contributed by atoms with van der Waals surface area (Å²) >= 11 is 0. The summed E-state index contributed by atoms with van der Waals surface area (Å²) in [7, 11) is 0. The zero-order valence-corrected chi connectivity index (χ0v) is 12.8. The zero-order valence-electron chi connectivity index (χ0n) is 12.8. The predicted octanol–water partition coefficient (Wildman–Crippen LogP) is 2.37. The minimum Gasteiger partial charge on any atom is -0.392 e. The van der Waals surface area contributed by atoms with Gasteiger partial charge in [-0.2, -0.15) is 0 Å². The molecule has 0 aliphatic carbocycles. The second-order valence-electron chi connectivity index (χ2n) is 6.17. The van der Waals surface area contributed by atoms with E-state index in [4.69, 9.17) is 0 Å². The molecule has 6 nitrogen and oxygen atoms in total. The van der Waals surface area contributed by atoms with Gasteiger partial charge in [0.05, 0.1) is 11.0 Å². The first kappa shape index (κ1) is 17.1. The second kappa shape index (κ2) is 6.67. The molecule has 0 aliphatic rings. The zero-order chi connectivity index (χ0) is 16.2. The summed E-state index contributed by atoms with van der Waals surface area (Å²) < 4.78 is 0. The van der Waals surface area contributed by atoms with E-state index in [0.29, 0.717) is 0 Å². The van der Waals surface area contributed by atoms with E-state index in [1.807, 2.05) is 27.7 Å². The molecule has 0 saturated carbocycles. The van der Waals surface area contributed by atoms with Crippen LogP contribution in [0.5, 0.6) is 0 Å². The van der Waals surface area contributed by atoms with Crippen LogP contribution in [-0.4, -0.2) is 28.6 Å². The van der Waals surface area contributed by atoms with Crippen LogP contribution in [0.3, 0.4) is 0 Å². The molecule has 21 heavy (non-hydrogen) atoms. The quantitative estimate of drug-likeness (QED) is 0.622. The predicted molar refractivity (Wildman–Crippen MR) is 80.1 cm³/mol. The van der Waals surface area contributed by atoms with Crippen molar-refractivity contribution in [3.05, 3.63) is 39.9 Å². The number of benzene rings is 1. The van der Waals surface area contributed by atoms with Gasteiger partial charge in [0.2, 0.25) is 0 Å². The molecule has 6 heteroatoms. The van der Waals surface area contributed by atoms with Crippen molar-refractivity contribution >= 4 is 11.6 Å². The molecule has 0 radical (unpaired) electrons. The number of hydrogen-bond acceptors (Lipinski definition) is 4. The van der Waals surface area contributed by atoms with Gasteiger partial charge in [-0.3, -0.25) is 14.9 Å². The van der Waals surface area contributed by atoms with E-state index < -0.39 is 16.4 Å². The summed E-state index contributed by atoms with van der Waals surface area (Å²) in [5.41, 5.74) is -0.368. The average molecular weight is 294 g/mol. The minimum atomic E-state index is -0.553. The summed E-state index contributed by atoms with van der Waals surface area (Å²) in [5, 5.41) is 23.5. The molecule has 0 bridgehead atoms. The number of nitrogens with one attached hydrogen (secondary N) is 1. The van der Waals surface area contributed by atoms with Crippen LogP contribution in [0.1, 0.15) is 38.1 Å². The maximum absolute atomic E-state index is 12.0. The third kappa shape index (κ3) is 4.53. The van der Waals surface area contributed by atoms with Crippen LogP contribution in [0.15, 0.2) is 24.3 Å². The van der Waals surface area contributed by atoms with Gasteiger partial charge in [0.25, 0.3) is 11.6 Å². The number of aliphatic hydroxyl groups is 1. The molecule has 1 rings (SSSR count). The van der Waals surface area contributed by atoms with Gasteiger partial charge in [0.15, 0.2) is 0 Å². The Morgan fingerprint density at radius 1 is 1.43 bits per heavy atom. The van der Waals surface area contributed by atoms with Crippen molar-refractivity contribution in [3.63, 3.8) is 0 Å². The number of nitro benzene ring substituents is 1. The first-order chi connectivity index (χ1) is 9.65. The Hall–Kier alpha value is -1.95. The highest BCUT2D eigenvalue weighted by molar-refractivity contribution is 5.94. The highest BCUT2D eigenvalue weighted by atomic mass is 16.6. The molecular formula is C15H22N2O4. The number of nitro groups is 1. The lowest BCUT2D eigenvalue weighted by Gasteiger charge is -2.33. The first-order valence-electron chi connectivity index (χ1n) is 6.86. The van der Waals surface area contributed by atoms with E-state index in [1.165, 1.54) is 24.3 Å². The number of aliphatic hydroxyl groups excluding tert-OH is 1. The largest absolute Gasteiger partial charge is 0.392 e. The monoisotopic (exact) mass is 294 g/mol. The van der Waals surface area contributed by atoms with Crippen molar-refractivity contribution in [2.75, 3.05) is 6.54 Å². The molecule has 0 spiro atoms. The molecule has 0 aromatic heterocycles. The lowest BCUT2D eigenvalue weighted by Crippen LogP contribution is -2.43. The smallest absolute Gasteiger partial charge is 0.270 e. The van der Waals surface area contributed by atoms with Crippen LogP contribution in [0.25, 0.3) is 0 Å². The maximum atomic E-state index is 12.0. The number of carbonyl (C=O) groups excluding carboxylic acids is 1. The molecule has 1 aromatic rings. The standard InChI is InChI=1S/C15H22N2O4/c1-10(2)13(18)15(3,4)9-16-14(19)11-6-5-7-12(8-11)17(20)21/h5-8,10,13,18H,9H2,1-4H3,(H,16,19)/t13-/m0/s1. The summed E-state index contributed by atoms with van der Waals surface area (Å²) in [4.78, 5) is 22.2. The van der Waals surface area contributed by atoms with Crippen molar-refractivity contribution in [1.29, 1.82) is 0 Å². The Bertz CT molecular complexity index is 526. The van der Waals surface area contributed by atoms with Crippen LogP contribution in [0, 0.1) is 21.4 Å². The molecule has 0 aliphatic heterocycles. The van der Waals surface area contributed by atoms with Gasteiger partial charge in [0.1, 0.15) is 0 Å². The Morgan fingerprint density at radius 3 is 2.57 bits per heavy atom. The minimum absolute atomic E-state index is 0.0784. The van der Waals surface area contributed by atoms with Gasteiger partial charge in [-0.1, -0.05) is 33.8 Å². The molecule has 1 amide bonds. The lowest BCUT2D eigenvalue weighted by atomic mass is 9.80. The number of rotatable bonds is 6. The van der Waals surface area contributed by atoms with E-state index in [-0.39, 0.29) is 29.6 Å². The lowest BCUT2D eigenvalue weighted by molar-refractivity contribution is -0.384. The fourth-order valence-corrected chi connectivity index (χ4v) is 2.18. The van der Waals surface area contributed by atoms with Crippen molar-refractivity contribution in [3.8, 4) is 0 Å². The molecule has 2 N–H and O–H groups in total. The van der Waals surface area contributed by atoms with E-state index in [0.717, 1.165) is 0 Å². The molecule has 0 fully saturated rings. The maximum Gasteiger partial charge on any atom is 0.270 e. The molecule has 116 valence electrons. The van der Waals surface area contributed by atoms with Gasteiger partial charge in [-0.15, -0.1) is 0 Å². The number of amides is 1. The Morgan fingerprint density at radius 2 is 2.05 bits per heavy atom. The highest BCUT2D eigenvalue weighted by Gasteiger charge is 2.30. The average Bonchev–Trinajstić information content (AvgIpc) is 2.43. The second-order valence-corrected chi connectivity index (χ2v) is 6.17.